The minimum atomic E-state index is -2.21. The van der Waals surface area contributed by atoms with Crippen molar-refractivity contribution in [1.29, 1.82) is 0 Å². The van der Waals surface area contributed by atoms with Gasteiger partial charge in [0, 0.05) is 0 Å². The molecule has 112 valence electrons. The molecule has 0 aromatic rings. The Morgan fingerprint density at radius 2 is 1.14 bits per heavy atom. The van der Waals surface area contributed by atoms with Gasteiger partial charge in [-0.25, -0.2) is 0 Å². The van der Waals surface area contributed by atoms with Crippen LogP contribution in [0.1, 0.15) is 51.4 Å². The second kappa shape index (κ2) is 5.48. The average Bonchev–Trinajstić information content (AvgIpc) is 3.12. The van der Waals surface area contributed by atoms with E-state index < -0.39 is 20.3 Å². The number of allylic oxidation sites excluding steroid dienone is 8. The van der Waals surface area contributed by atoms with Crippen molar-refractivity contribution in [3.63, 3.8) is 0 Å². The van der Waals surface area contributed by atoms with Crippen molar-refractivity contribution in [1.82, 2.24) is 0 Å². The Morgan fingerprint density at radius 1 is 0.714 bits per heavy atom. The normalized spacial score (nSPS) is 31.9. The molecule has 4 aliphatic rings. The quantitative estimate of drug-likeness (QED) is 0.515. The predicted molar refractivity (Wildman–Crippen MR) is 88.5 cm³/mol. The summed E-state index contributed by atoms with van der Waals surface area (Å²) >= 11 is -2.21. The van der Waals surface area contributed by atoms with Crippen LogP contribution in [0.5, 0.6) is 0 Å². The summed E-state index contributed by atoms with van der Waals surface area (Å²) in [6.45, 7) is 0. The average molecular weight is 360 g/mol. The molecule has 0 bridgehead atoms. The third-order valence-corrected chi connectivity index (χ3v) is 17.0. The van der Waals surface area contributed by atoms with Gasteiger partial charge in [-0.05, 0) is 0 Å². The fourth-order valence-corrected chi connectivity index (χ4v) is 15.1. The van der Waals surface area contributed by atoms with Crippen LogP contribution in [0.3, 0.4) is 0 Å². The fraction of sp³-hybridized carbons (Fsp3) is 0.600. The second-order valence-corrected chi connectivity index (χ2v) is 20.0. The van der Waals surface area contributed by atoms with Crippen molar-refractivity contribution < 1.29 is 20.3 Å². The summed E-state index contributed by atoms with van der Waals surface area (Å²) in [5.74, 6) is 0. The summed E-state index contributed by atoms with van der Waals surface area (Å²) in [5.41, 5.74) is 7.22. The van der Waals surface area contributed by atoms with Gasteiger partial charge in [0.05, 0.1) is 0 Å². The molecule has 2 atom stereocenters. The van der Waals surface area contributed by atoms with Crippen molar-refractivity contribution >= 4 is 0 Å². The van der Waals surface area contributed by atoms with E-state index >= 15 is 0 Å². The molecular formula is C20H28Zr. The van der Waals surface area contributed by atoms with Crippen molar-refractivity contribution in [3.8, 4) is 0 Å². The van der Waals surface area contributed by atoms with E-state index in [2.05, 4.69) is 33.6 Å². The molecule has 0 N–H and O–H groups in total. The van der Waals surface area contributed by atoms with Crippen LogP contribution in [-0.4, -0.2) is 0 Å². The molecule has 0 nitrogen and oxygen atoms in total. The van der Waals surface area contributed by atoms with E-state index in [1.807, 2.05) is 11.1 Å². The standard InChI is InChI=1S/2C9H11.2CH3.Zr/c2*1-2-5-9-7-3-6-8(9)4-1;;;/h2*3,6-7H,1-2,4-5H2;2*1H3;. The van der Waals surface area contributed by atoms with Crippen LogP contribution in [0, 0.1) is 0 Å². The predicted octanol–water partition coefficient (Wildman–Crippen LogP) is 6.69. The Morgan fingerprint density at radius 3 is 1.62 bits per heavy atom. The monoisotopic (exact) mass is 358 g/mol. The molecule has 0 aromatic carbocycles. The Hall–Kier alpha value is -0.157. The topological polar surface area (TPSA) is 0 Å². The van der Waals surface area contributed by atoms with Gasteiger partial charge in [0.2, 0.25) is 0 Å². The Balaban J connectivity index is 1.65. The van der Waals surface area contributed by atoms with Crippen LogP contribution < -0.4 is 0 Å². The Labute approximate surface area is 134 Å². The zero-order chi connectivity index (χ0) is 14.4. The first-order valence-corrected chi connectivity index (χ1v) is 16.7. The van der Waals surface area contributed by atoms with Crippen LogP contribution in [-0.2, 0) is 20.3 Å². The molecule has 0 amide bonds. The van der Waals surface area contributed by atoms with Crippen molar-refractivity contribution in [2.24, 2.45) is 0 Å². The summed E-state index contributed by atoms with van der Waals surface area (Å²) in [6, 6.07) is 0. The number of rotatable bonds is 2. The van der Waals surface area contributed by atoms with E-state index in [9.17, 15) is 0 Å². The van der Waals surface area contributed by atoms with E-state index in [-0.39, 0.29) is 0 Å². The molecule has 4 rings (SSSR count). The van der Waals surface area contributed by atoms with E-state index in [1.165, 1.54) is 51.4 Å². The molecule has 1 heteroatoms. The maximum absolute atomic E-state index is 2.73. The van der Waals surface area contributed by atoms with Crippen LogP contribution in [0.4, 0.5) is 0 Å². The summed E-state index contributed by atoms with van der Waals surface area (Å²) in [7, 11) is 0. The SMILES string of the molecule is [CH3][Zr]([CH3])([CH]1C=CC2=C1CCCC2)[CH]1C=CC2=C1CCCC2. The van der Waals surface area contributed by atoms with Gasteiger partial charge in [-0.1, -0.05) is 0 Å². The molecule has 0 saturated carbocycles. The third kappa shape index (κ3) is 2.35. The fourth-order valence-electron chi connectivity index (χ4n) is 5.24. The zero-order valence-corrected chi connectivity index (χ0v) is 16.1. The van der Waals surface area contributed by atoms with Gasteiger partial charge >= 0.3 is 135 Å². The summed E-state index contributed by atoms with van der Waals surface area (Å²) in [4.78, 5) is 0. The zero-order valence-electron chi connectivity index (χ0n) is 13.6. The van der Waals surface area contributed by atoms with Gasteiger partial charge in [-0.15, -0.1) is 0 Å². The minimum absolute atomic E-state index is 0.887. The second-order valence-electron chi connectivity index (χ2n) is 8.01. The maximum atomic E-state index is 2.73. The molecule has 0 aromatic heterocycles. The Kier molecular flexibility index (Phi) is 3.77. The first-order chi connectivity index (χ1) is 10.2. The molecule has 0 aliphatic heterocycles. The van der Waals surface area contributed by atoms with Gasteiger partial charge in [0.1, 0.15) is 0 Å². The first-order valence-electron chi connectivity index (χ1n) is 8.98. The molecule has 21 heavy (non-hydrogen) atoms. The van der Waals surface area contributed by atoms with Crippen molar-refractivity contribution in [2.45, 2.75) is 67.9 Å². The molecule has 0 spiro atoms. The molecule has 0 radical (unpaired) electrons. The first kappa shape index (κ1) is 14.4. The van der Waals surface area contributed by atoms with E-state index in [0.717, 1.165) is 7.25 Å². The number of hydrogen-bond donors (Lipinski definition) is 0. The summed E-state index contributed by atoms with van der Waals surface area (Å²) < 4.78 is 7.23. The molecule has 2 unspecified atom stereocenters. The van der Waals surface area contributed by atoms with E-state index in [1.54, 1.807) is 11.1 Å². The van der Waals surface area contributed by atoms with Crippen molar-refractivity contribution in [2.75, 3.05) is 0 Å². The summed E-state index contributed by atoms with van der Waals surface area (Å²) in [6.07, 6.45) is 21.5. The van der Waals surface area contributed by atoms with Gasteiger partial charge in [-0.2, -0.15) is 0 Å². The van der Waals surface area contributed by atoms with Crippen LogP contribution in [0.15, 0.2) is 46.6 Å². The van der Waals surface area contributed by atoms with Crippen molar-refractivity contribution in [3.05, 3.63) is 46.6 Å². The van der Waals surface area contributed by atoms with Gasteiger partial charge < -0.3 is 0 Å². The Bertz CT molecular complexity index is 521. The molecular weight excluding hydrogens is 331 g/mol. The van der Waals surface area contributed by atoms with Gasteiger partial charge in [-0.3, -0.25) is 0 Å². The van der Waals surface area contributed by atoms with E-state index in [4.69, 9.17) is 0 Å². The van der Waals surface area contributed by atoms with Crippen LogP contribution in [0.25, 0.3) is 0 Å². The van der Waals surface area contributed by atoms with Crippen LogP contribution >= 0.6 is 0 Å². The molecule has 0 saturated heterocycles. The third-order valence-electron chi connectivity index (χ3n) is 6.44. The van der Waals surface area contributed by atoms with Gasteiger partial charge in [0.25, 0.3) is 0 Å². The summed E-state index contributed by atoms with van der Waals surface area (Å²) in [5, 5.41) is 0. The number of hydrogen-bond acceptors (Lipinski definition) is 0. The van der Waals surface area contributed by atoms with E-state index in [0.29, 0.717) is 0 Å². The molecule has 4 aliphatic carbocycles. The van der Waals surface area contributed by atoms with Gasteiger partial charge in [0.15, 0.2) is 0 Å². The molecule has 0 fully saturated rings. The molecule has 0 heterocycles. The van der Waals surface area contributed by atoms with Crippen LogP contribution in [0.2, 0.25) is 16.5 Å².